The highest BCUT2D eigenvalue weighted by Gasteiger charge is 2.17. The standard InChI is InChI=1S/C8H17NO2/c1-7(2)9-3-4-11-6-8(10)5-9/h7-8,10H,3-6H2,1-2H3/t8-/m0/s1. The fraction of sp³-hybridized carbons (Fsp3) is 1.00. The van der Waals surface area contributed by atoms with E-state index in [9.17, 15) is 5.11 Å². The third-order valence-corrected chi connectivity index (χ3v) is 2.01. The quantitative estimate of drug-likeness (QED) is 0.588. The first-order valence-corrected chi connectivity index (χ1v) is 4.20. The molecule has 1 aliphatic heterocycles. The molecule has 1 N–H and O–H groups in total. The number of aliphatic hydroxyl groups excluding tert-OH is 1. The molecule has 1 rings (SSSR count). The van der Waals surface area contributed by atoms with Crippen molar-refractivity contribution in [3.8, 4) is 0 Å². The summed E-state index contributed by atoms with van der Waals surface area (Å²) in [5.74, 6) is 0. The van der Waals surface area contributed by atoms with Gasteiger partial charge in [0.15, 0.2) is 0 Å². The van der Waals surface area contributed by atoms with Crippen LogP contribution in [0.25, 0.3) is 0 Å². The molecule has 1 saturated heterocycles. The molecular weight excluding hydrogens is 142 g/mol. The summed E-state index contributed by atoms with van der Waals surface area (Å²) < 4.78 is 5.20. The van der Waals surface area contributed by atoms with Gasteiger partial charge in [0, 0.05) is 19.1 Å². The fourth-order valence-corrected chi connectivity index (χ4v) is 1.28. The van der Waals surface area contributed by atoms with E-state index in [4.69, 9.17) is 4.74 Å². The molecular formula is C8H17NO2. The molecule has 66 valence electrons. The second kappa shape index (κ2) is 4.04. The largest absolute Gasteiger partial charge is 0.389 e. The number of aliphatic hydroxyl groups is 1. The Balaban J connectivity index is 2.39. The van der Waals surface area contributed by atoms with Gasteiger partial charge < -0.3 is 9.84 Å². The van der Waals surface area contributed by atoms with Crippen LogP contribution in [0.1, 0.15) is 13.8 Å². The average molecular weight is 159 g/mol. The van der Waals surface area contributed by atoms with E-state index in [1.165, 1.54) is 0 Å². The van der Waals surface area contributed by atoms with E-state index in [1.807, 2.05) is 0 Å². The topological polar surface area (TPSA) is 32.7 Å². The van der Waals surface area contributed by atoms with E-state index >= 15 is 0 Å². The van der Waals surface area contributed by atoms with E-state index in [-0.39, 0.29) is 6.10 Å². The minimum atomic E-state index is -0.306. The Morgan fingerprint density at radius 2 is 2.27 bits per heavy atom. The van der Waals surface area contributed by atoms with Crippen LogP contribution in [0.2, 0.25) is 0 Å². The van der Waals surface area contributed by atoms with Gasteiger partial charge in [-0.3, -0.25) is 4.90 Å². The first-order valence-electron chi connectivity index (χ1n) is 4.20. The highest BCUT2D eigenvalue weighted by atomic mass is 16.5. The zero-order chi connectivity index (χ0) is 8.27. The lowest BCUT2D eigenvalue weighted by Crippen LogP contribution is -2.37. The second-order valence-electron chi connectivity index (χ2n) is 3.32. The predicted molar refractivity (Wildman–Crippen MR) is 43.5 cm³/mol. The minimum Gasteiger partial charge on any atom is -0.389 e. The van der Waals surface area contributed by atoms with Crippen LogP contribution < -0.4 is 0 Å². The molecule has 0 saturated carbocycles. The van der Waals surface area contributed by atoms with Crippen molar-refractivity contribution in [1.29, 1.82) is 0 Å². The zero-order valence-electron chi connectivity index (χ0n) is 7.29. The number of hydrogen-bond acceptors (Lipinski definition) is 3. The highest BCUT2D eigenvalue weighted by Crippen LogP contribution is 2.03. The van der Waals surface area contributed by atoms with Crippen molar-refractivity contribution in [3.05, 3.63) is 0 Å². The zero-order valence-corrected chi connectivity index (χ0v) is 7.29. The molecule has 1 fully saturated rings. The van der Waals surface area contributed by atoms with Crippen LogP contribution in [0.15, 0.2) is 0 Å². The Hall–Kier alpha value is -0.120. The lowest BCUT2D eigenvalue weighted by Gasteiger charge is -2.24. The van der Waals surface area contributed by atoms with Crippen molar-refractivity contribution >= 4 is 0 Å². The third-order valence-electron chi connectivity index (χ3n) is 2.01. The lowest BCUT2D eigenvalue weighted by molar-refractivity contribution is 0.0552. The first-order chi connectivity index (χ1) is 5.20. The summed E-state index contributed by atoms with van der Waals surface area (Å²) in [5, 5.41) is 9.34. The lowest BCUT2D eigenvalue weighted by atomic mass is 10.3. The van der Waals surface area contributed by atoms with Gasteiger partial charge in [-0.1, -0.05) is 0 Å². The van der Waals surface area contributed by atoms with E-state index in [1.54, 1.807) is 0 Å². The van der Waals surface area contributed by atoms with Crippen molar-refractivity contribution < 1.29 is 9.84 Å². The maximum Gasteiger partial charge on any atom is 0.0900 e. The summed E-state index contributed by atoms with van der Waals surface area (Å²) in [7, 11) is 0. The molecule has 0 aliphatic carbocycles. The SMILES string of the molecule is CC(C)N1CCOC[C@@H](O)C1. The van der Waals surface area contributed by atoms with Gasteiger partial charge in [-0.2, -0.15) is 0 Å². The van der Waals surface area contributed by atoms with Crippen LogP contribution in [0.4, 0.5) is 0 Å². The van der Waals surface area contributed by atoms with Gasteiger partial charge in [0.1, 0.15) is 0 Å². The molecule has 0 radical (unpaired) electrons. The normalized spacial score (nSPS) is 28.9. The van der Waals surface area contributed by atoms with Crippen LogP contribution in [0.5, 0.6) is 0 Å². The Morgan fingerprint density at radius 3 is 2.91 bits per heavy atom. The van der Waals surface area contributed by atoms with Crippen molar-refractivity contribution in [2.45, 2.75) is 26.0 Å². The Labute approximate surface area is 68.0 Å². The van der Waals surface area contributed by atoms with Crippen LogP contribution in [-0.2, 0) is 4.74 Å². The van der Waals surface area contributed by atoms with Crippen LogP contribution in [0.3, 0.4) is 0 Å². The predicted octanol–water partition coefficient (Wildman–Crippen LogP) is 0.0879. The molecule has 1 atom stereocenters. The Morgan fingerprint density at radius 1 is 1.55 bits per heavy atom. The summed E-state index contributed by atoms with van der Waals surface area (Å²) in [6.45, 7) is 7.20. The van der Waals surface area contributed by atoms with E-state index in [0.717, 1.165) is 19.7 Å². The van der Waals surface area contributed by atoms with Crippen LogP contribution in [0, 0.1) is 0 Å². The molecule has 1 aliphatic rings. The van der Waals surface area contributed by atoms with E-state index < -0.39 is 0 Å². The number of β-amino-alcohol motifs (C(OH)–C–C–N with tert-alkyl or cyclic N) is 1. The smallest absolute Gasteiger partial charge is 0.0900 e. The number of hydrogen-bond donors (Lipinski definition) is 1. The molecule has 0 aromatic rings. The van der Waals surface area contributed by atoms with Crippen molar-refractivity contribution in [2.24, 2.45) is 0 Å². The van der Waals surface area contributed by atoms with E-state index in [2.05, 4.69) is 18.7 Å². The molecule has 0 spiro atoms. The van der Waals surface area contributed by atoms with Crippen molar-refractivity contribution in [1.82, 2.24) is 4.90 Å². The van der Waals surface area contributed by atoms with Crippen molar-refractivity contribution in [3.63, 3.8) is 0 Å². The molecule has 0 aromatic carbocycles. The van der Waals surface area contributed by atoms with Gasteiger partial charge in [-0.05, 0) is 13.8 Å². The molecule has 11 heavy (non-hydrogen) atoms. The molecule has 0 bridgehead atoms. The molecule has 0 aromatic heterocycles. The summed E-state index contributed by atoms with van der Waals surface area (Å²) in [6.07, 6.45) is -0.306. The first kappa shape index (κ1) is 8.97. The van der Waals surface area contributed by atoms with Crippen LogP contribution in [-0.4, -0.2) is 48.5 Å². The van der Waals surface area contributed by atoms with Crippen LogP contribution >= 0.6 is 0 Å². The molecule has 3 nitrogen and oxygen atoms in total. The molecule has 3 heteroatoms. The van der Waals surface area contributed by atoms with Gasteiger partial charge >= 0.3 is 0 Å². The monoisotopic (exact) mass is 159 g/mol. The average Bonchev–Trinajstić information content (AvgIpc) is 2.13. The Kier molecular flexibility index (Phi) is 3.30. The summed E-state index contributed by atoms with van der Waals surface area (Å²) >= 11 is 0. The second-order valence-corrected chi connectivity index (χ2v) is 3.32. The number of ether oxygens (including phenoxy) is 1. The molecule has 1 heterocycles. The highest BCUT2D eigenvalue weighted by molar-refractivity contribution is 4.70. The van der Waals surface area contributed by atoms with Gasteiger partial charge in [-0.25, -0.2) is 0 Å². The maximum atomic E-state index is 9.34. The van der Waals surface area contributed by atoms with Gasteiger partial charge in [0.05, 0.1) is 19.3 Å². The third kappa shape index (κ3) is 2.77. The van der Waals surface area contributed by atoms with E-state index in [0.29, 0.717) is 12.6 Å². The minimum absolute atomic E-state index is 0.306. The Bertz CT molecular complexity index is 117. The molecule has 0 unspecified atom stereocenters. The van der Waals surface area contributed by atoms with Gasteiger partial charge in [0.2, 0.25) is 0 Å². The fourth-order valence-electron chi connectivity index (χ4n) is 1.28. The summed E-state index contributed by atoms with van der Waals surface area (Å²) in [4.78, 5) is 2.23. The molecule has 0 amide bonds. The summed E-state index contributed by atoms with van der Waals surface area (Å²) in [5.41, 5.74) is 0. The maximum absolute atomic E-state index is 9.34. The van der Waals surface area contributed by atoms with Crippen molar-refractivity contribution in [2.75, 3.05) is 26.3 Å². The number of nitrogens with zero attached hydrogens (tertiary/aromatic N) is 1. The number of rotatable bonds is 1. The summed E-state index contributed by atoms with van der Waals surface area (Å²) in [6, 6.07) is 0.506. The van der Waals surface area contributed by atoms with Gasteiger partial charge in [-0.15, -0.1) is 0 Å². The van der Waals surface area contributed by atoms with Gasteiger partial charge in [0.25, 0.3) is 0 Å².